The summed E-state index contributed by atoms with van der Waals surface area (Å²) in [6, 6.07) is 12.4. The van der Waals surface area contributed by atoms with Gasteiger partial charge in [-0.15, -0.1) is 0 Å². The first-order chi connectivity index (χ1) is 10.9. The summed E-state index contributed by atoms with van der Waals surface area (Å²) in [5.74, 6) is -0.720. The molecule has 0 aliphatic heterocycles. The summed E-state index contributed by atoms with van der Waals surface area (Å²) < 4.78 is 48.2. The number of esters is 1. The van der Waals surface area contributed by atoms with Crippen molar-refractivity contribution in [3.8, 4) is 5.75 Å². The van der Waals surface area contributed by atoms with Crippen LogP contribution < -0.4 is 4.74 Å². The fraction of sp³-hybridized carbons (Fsp3) is 0.188. The Kier molecular flexibility index (Phi) is 5.65. The van der Waals surface area contributed by atoms with E-state index < -0.39 is 24.3 Å². The number of hydrogen-bond acceptors (Lipinski definition) is 3. The minimum absolute atomic E-state index is 0.0582. The van der Waals surface area contributed by atoms with Crippen molar-refractivity contribution in [2.24, 2.45) is 0 Å². The summed E-state index contributed by atoms with van der Waals surface area (Å²) >= 11 is 2.83. The van der Waals surface area contributed by atoms with Crippen molar-refractivity contribution in [3.05, 3.63) is 64.1 Å². The van der Waals surface area contributed by atoms with E-state index in [4.69, 9.17) is 9.47 Å². The Morgan fingerprint density at radius 2 is 1.78 bits per heavy atom. The van der Waals surface area contributed by atoms with Gasteiger partial charge in [0.2, 0.25) is 0 Å². The highest BCUT2D eigenvalue weighted by Crippen LogP contribution is 2.36. The predicted molar refractivity (Wildman–Crippen MR) is 80.9 cm³/mol. The minimum Gasteiger partial charge on any atom is -0.482 e. The van der Waals surface area contributed by atoms with Crippen LogP contribution in [0.3, 0.4) is 0 Å². The zero-order chi connectivity index (χ0) is 16.9. The van der Waals surface area contributed by atoms with Crippen LogP contribution in [-0.2, 0) is 22.3 Å². The second-order valence-corrected chi connectivity index (χ2v) is 5.43. The maximum Gasteiger partial charge on any atom is 0.417 e. The Hall–Kier alpha value is -2.02. The van der Waals surface area contributed by atoms with Gasteiger partial charge in [-0.3, -0.25) is 0 Å². The number of carbonyl (C=O) groups is 1. The molecule has 0 saturated heterocycles. The zero-order valence-electron chi connectivity index (χ0n) is 11.8. The SMILES string of the molecule is O=C(COc1ccc(Br)c(C(F)(F)F)c1)OCc1ccccc1. The van der Waals surface area contributed by atoms with E-state index in [1.165, 1.54) is 12.1 Å². The van der Waals surface area contributed by atoms with E-state index in [-0.39, 0.29) is 16.8 Å². The lowest BCUT2D eigenvalue weighted by molar-refractivity contribution is -0.147. The van der Waals surface area contributed by atoms with E-state index in [0.717, 1.165) is 11.6 Å². The summed E-state index contributed by atoms with van der Waals surface area (Å²) in [5, 5.41) is 0. The van der Waals surface area contributed by atoms with Gasteiger partial charge in [0.15, 0.2) is 6.61 Å². The third-order valence-corrected chi connectivity index (χ3v) is 3.53. The smallest absolute Gasteiger partial charge is 0.417 e. The van der Waals surface area contributed by atoms with Gasteiger partial charge in [-0.25, -0.2) is 4.79 Å². The molecule has 0 atom stereocenters. The maximum absolute atomic E-state index is 12.8. The molecule has 0 aliphatic rings. The highest BCUT2D eigenvalue weighted by molar-refractivity contribution is 9.10. The topological polar surface area (TPSA) is 35.5 Å². The average Bonchev–Trinajstić information content (AvgIpc) is 2.52. The molecule has 0 bridgehead atoms. The highest BCUT2D eigenvalue weighted by atomic mass is 79.9. The van der Waals surface area contributed by atoms with E-state index in [9.17, 15) is 18.0 Å². The molecule has 2 aromatic carbocycles. The van der Waals surface area contributed by atoms with Crippen LogP contribution in [0.2, 0.25) is 0 Å². The van der Waals surface area contributed by atoms with Crippen molar-refractivity contribution < 1.29 is 27.4 Å². The molecule has 0 aromatic heterocycles. The molecule has 0 radical (unpaired) electrons. The average molecular weight is 389 g/mol. The van der Waals surface area contributed by atoms with Crippen LogP contribution in [0.1, 0.15) is 11.1 Å². The summed E-state index contributed by atoms with van der Waals surface area (Å²) in [5.41, 5.74) is -0.0588. The van der Waals surface area contributed by atoms with Gasteiger partial charge in [0.25, 0.3) is 0 Å². The molecule has 2 aromatic rings. The normalized spacial score (nSPS) is 11.1. The van der Waals surface area contributed by atoms with E-state index in [1.54, 1.807) is 24.3 Å². The third-order valence-electron chi connectivity index (χ3n) is 2.84. The van der Waals surface area contributed by atoms with Gasteiger partial charge < -0.3 is 9.47 Å². The van der Waals surface area contributed by atoms with Crippen LogP contribution in [0.15, 0.2) is 53.0 Å². The first-order valence-electron chi connectivity index (χ1n) is 6.55. The van der Waals surface area contributed by atoms with Crippen molar-refractivity contribution >= 4 is 21.9 Å². The lowest BCUT2D eigenvalue weighted by Gasteiger charge is -2.12. The number of halogens is 4. The Balaban J connectivity index is 1.89. The zero-order valence-corrected chi connectivity index (χ0v) is 13.4. The quantitative estimate of drug-likeness (QED) is 0.702. The van der Waals surface area contributed by atoms with Crippen LogP contribution in [-0.4, -0.2) is 12.6 Å². The van der Waals surface area contributed by atoms with Gasteiger partial charge in [0.05, 0.1) is 5.56 Å². The third kappa shape index (κ3) is 5.28. The van der Waals surface area contributed by atoms with Crippen molar-refractivity contribution in [3.63, 3.8) is 0 Å². The number of rotatable bonds is 5. The van der Waals surface area contributed by atoms with Crippen molar-refractivity contribution in [1.29, 1.82) is 0 Å². The molecular formula is C16H12BrF3O3. The number of carbonyl (C=O) groups excluding carboxylic acids is 1. The summed E-state index contributed by atoms with van der Waals surface area (Å²) in [7, 11) is 0. The predicted octanol–water partition coefficient (Wildman–Crippen LogP) is 4.59. The number of ether oxygens (including phenoxy) is 2. The Bertz CT molecular complexity index is 672. The fourth-order valence-corrected chi connectivity index (χ4v) is 2.20. The Morgan fingerprint density at radius 3 is 2.43 bits per heavy atom. The lowest BCUT2D eigenvalue weighted by atomic mass is 10.2. The number of benzene rings is 2. The molecule has 0 unspecified atom stereocenters. The monoisotopic (exact) mass is 388 g/mol. The minimum atomic E-state index is -4.51. The number of hydrogen-bond donors (Lipinski definition) is 0. The lowest BCUT2D eigenvalue weighted by Crippen LogP contribution is -2.15. The van der Waals surface area contributed by atoms with Crippen LogP contribution in [0, 0.1) is 0 Å². The molecule has 0 aliphatic carbocycles. The first kappa shape index (κ1) is 17.3. The van der Waals surface area contributed by atoms with E-state index in [1.807, 2.05) is 6.07 Å². The maximum atomic E-state index is 12.8. The van der Waals surface area contributed by atoms with Gasteiger partial charge in [-0.1, -0.05) is 46.3 Å². The molecule has 3 nitrogen and oxygen atoms in total. The van der Waals surface area contributed by atoms with Crippen LogP contribution in [0.5, 0.6) is 5.75 Å². The summed E-state index contributed by atoms with van der Waals surface area (Å²) in [6.45, 7) is -0.386. The van der Waals surface area contributed by atoms with E-state index in [2.05, 4.69) is 15.9 Å². The molecule has 0 saturated carbocycles. The first-order valence-corrected chi connectivity index (χ1v) is 7.34. The van der Waals surface area contributed by atoms with Crippen LogP contribution in [0.4, 0.5) is 13.2 Å². The second-order valence-electron chi connectivity index (χ2n) is 4.57. The molecule has 0 spiro atoms. The van der Waals surface area contributed by atoms with Gasteiger partial charge >= 0.3 is 12.1 Å². The molecule has 0 fully saturated rings. The molecule has 122 valence electrons. The summed E-state index contributed by atoms with van der Waals surface area (Å²) in [4.78, 5) is 11.6. The van der Waals surface area contributed by atoms with Crippen molar-refractivity contribution in [2.75, 3.05) is 6.61 Å². The molecule has 0 heterocycles. The van der Waals surface area contributed by atoms with Crippen LogP contribution in [0.25, 0.3) is 0 Å². The van der Waals surface area contributed by atoms with Crippen molar-refractivity contribution in [1.82, 2.24) is 0 Å². The molecule has 0 N–H and O–H groups in total. The fourth-order valence-electron chi connectivity index (χ4n) is 1.73. The van der Waals surface area contributed by atoms with Gasteiger partial charge in [0.1, 0.15) is 12.4 Å². The standard InChI is InChI=1S/C16H12BrF3O3/c17-14-7-6-12(8-13(14)16(18,19)20)22-10-15(21)23-9-11-4-2-1-3-5-11/h1-8H,9-10H2. The molecule has 2 rings (SSSR count). The number of alkyl halides is 3. The molecule has 7 heteroatoms. The molecule has 23 heavy (non-hydrogen) atoms. The van der Waals surface area contributed by atoms with Crippen LogP contribution >= 0.6 is 15.9 Å². The summed E-state index contributed by atoms with van der Waals surface area (Å²) in [6.07, 6.45) is -4.51. The van der Waals surface area contributed by atoms with E-state index >= 15 is 0 Å². The Labute approximate surface area is 139 Å². The van der Waals surface area contributed by atoms with Crippen molar-refractivity contribution in [2.45, 2.75) is 12.8 Å². The Morgan fingerprint density at radius 1 is 1.09 bits per heavy atom. The van der Waals surface area contributed by atoms with Gasteiger partial charge in [-0.2, -0.15) is 13.2 Å². The largest absolute Gasteiger partial charge is 0.482 e. The highest BCUT2D eigenvalue weighted by Gasteiger charge is 2.33. The molecular weight excluding hydrogens is 377 g/mol. The van der Waals surface area contributed by atoms with Gasteiger partial charge in [0, 0.05) is 4.47 Å². The van der Waals surface area contributed by atoms with Gasteiger partial charge in [-0.05, 0) is 23.8 Å². The molecule has 0 amide bonds. The van der Waals surface area contributed by atoms with E-state index in [0.29, 0.717) is 0 Å². The second kappa shape index (κ2) is 7.50.